The minimum Gasteiger partial charge on any atom is -0.478 e. The van der Waals surface area contributed by atoms with E-state index in [1.54, 1.807) is 25.1 Å². The molecule has 0 spiro atoms. The molecular formula is C16H21NO3. The number of amides is 1. The smallest absolute Gasteiger partial charge is 0.336 e. The second-order valence-corrected chi connectivity index (χ2v) is 5.73. The van der Waals surface area contributed by atoms with E-state index in [9.17, 15) is 9.59 Å². The minimum atomic E-state index is -0.968. The Hall–Kier alpha value is -1.84. The molecule has 0 saturated heterocycles. The molecule has 1 saturated carbocycles. The van der Waals surface area contributed by atoms with Crippen LogP contribution in [0.25, 0.3) is 0 Å². The molecule has 1 fully saturated rings. The maximum absolute atomic E-state index is 12.2. The van der Waals surface area contributed by atoms with Crippen LogP contribution in [-0.4, -0.2) is 17.0 Å². The first kappa shape index (κ1) is 14.6. The molecule has 0 radical (unpaired) electrons. The van der Waals surface area contributed by atoms with E-state index in [0.717, 1.165) is 25.7 Å². The van der Waals surface area contributed by atoms with E-state index >= 15 is 0 Å². The van der Waals surface area contributed by atoms with Gasteiger partial charge < -0.3 is 10.4 Å². The number of carboxylic acid groups (broad SMARTS) is 1. The summed E-state index contributed by atoms with van der Waals surface area (Å²) in [5, 5.41) is 12.0. The standard InChI is InChI=1S/C16H21NO3/c1-10-6-8-12(9-7-10)15(18)17-14-5-3-4-13(11(14)2)16(19)20/h3-5,10,12H,6-9H2,1-2H3,(H,17,18)(H,19,20). The quantitative estimate of drug-likeness (QED) is 0.887. The first-order valence-corrected chi connectivity index (χ1v) is 7.12. The Balaban J connectivity index is 2.08. The van der Waals surface area contributed by atoms with Crippen molar-refractivity contribution in [3.8, 4) is 0 Å². The zero-order chi connectivity index (χ0) is 14.7. The summed E-state index contributed by atoms with van der Waals surface area (Å²) >= 11 is 0. The molecule has 0 bridgehead atoms. The van der Waals surface area contributed by atoms with Gasteiger partial charge in [0, 0.05) is 11.6 Å². The van der Waals surface area contributed by atoms with Gasteiger partial charge in [0.2, 0.25) is 5.91 Å². The van der Waals surface area contributed by atoms with Gasteiger partial charge in [-0.05, 0) is 56.2 Å². The van der Waals surface area contributed by atoms with Crippen LogP contribution in [0.15, 0.2) is 18.2 Å². The molecule has 0 atom stereocenters. The fraction of sp³-hybridized carbons (Fsp3) is 0.500. The van der Waals surface area contributed by atoms with Gasteiger partial charge in [-0.3, -0.25) is 4.79 Å². The first-order chi connectivity index (χ1) is 9.49. The van der Waals surface area contributed by atoms with Crippen molar-refractivity contribution in [2.75, 3.05) is 5.32 Å². The van der Waals surface area contributed by atoms with Crippen LogP contribution < -0.4 is 5.32 Å². The normalized spacial score (nSPS) is 22.3. The summed E-state index contributed by atoms with van der Waals surface area (Å²) in [6.45, 7) is 3.94. The van der Waals surface area contributed by atoms with Gasteiger partial charge in [-0.15, -0.1) is 0 Å². The summed E-state index contributed by atoms with van der Waals surface area (Å²) < 4.78 is 0. The lowest BCUT2D eigenvalue weighted by Crippen LogP contribution is -2.27. The van der Waals surface area contributed by atoms with E-state index < -0.39 is 5.97 Å². The zero-order valence-electron chi connectivity index (χ0n) is 12.0. The minimum absolute atomic E-state index is 0.0162. The second-order valence-electron chi connectivity index (χ2n) is 5.73. The van der Waals surface area contributed by atoms with E-state index in [1.165, 1.54) is 0 Å². The molecule has 1 aromatic carbocycles. The van der Waals surface area contributed by atoms with Crippen molar-refractivity contribution < 1.29 is 14.7 Å². The van der Waals surface area contributed by atoms with Crippen LogP contribution in [0.1, 0.15) is 48.5 Å². The lowest BCUT2D eigenvalue weighted by molar-refractivity contribution is -0.121. The lowest BCUT2D eigenvalue weighted by Gasteiger charge is -2.25. The molecule has 2 N–H and O–H groups in total. The van der Waals surface area contributed by atoms with Crippen LogP contribution in [-0.2, 0) is 4.79 Å². The van der Waals surface area contributed by atoms with Crippen molar-refractivity contribution in [2.45, 2.75) is 39.5 Å². The average molecular weight is 275 g/mol. The Morgan fingerprint density at radius 3 is 2.45 bits per heavy atom. The fourth-order valence-corrected chi connectivity index (χ4v) is 2.76. The van der Waals surface area contributed by atoms with E-state index in [2.05, 4.69) is 12.2 Å². The van der Waals surface area contributed by atoms with Crippen LogP contribution in [0.2, 0.25) is 0 Å². The SMILES string of the molecule is Cc1c(NC(=O)C2CCC(C)CC2)cccc1C(=O)O. The van der Waals surface area contributed by atoms with Crippen molar-refractivity contribution in [3.63, 3.8) is 0 Å². The highest BCUT2D eigenvalue weighted by Crippen LogP contribution is 2.29. The van der Waals surface area contributed by atoms with Gasteiger partial charge in [0.15, 0.2) is 0 Å². The van der Waals surface area contributed by atoms with Gasteiger partial charge >= 0.3 is 5.97 Å². The lowest BCUT2D eigenvalue weighted by atomic mass is 9.82. The summed E-state index contributed by atoms with van der Waals surface area (Å²) in [5.74, 6) is -0.192. The highest BCUT2D eigenvalue weighted by molar-refractivity contribution is 5.96. The maximum Gasteiger partial charge on any atom is 0.336 e. The van der Waals surface area contributed by atoms with E-state index in [4.69, 9.17) is 5.11 Å². The number of carboxylic acids is 1. The van der Waals surface area contributed by atoms with Gasteiger partial charge in [0.05, 0.1) is 5.56 Å². The molecule has 0 heterocycles. The first-order valence-electron chi connectivity index (χ1n) is 7.12. The third-order valence-electron chi connectivity index (χ3n) is 4.21. The van der Waals surface area contributed by atoms with Crippen LogP contribution >= 0.6 is 0 Å². The van der Waals surface area contributed by atoms with Crippen molar-refractivity contribution in [1.29, 1.82) is 0 Å². The number of carbonyl (C=O) groups excluding carboxylic acids is 1. The van der Waals surface area contributed by atoms with Crippen molar-refractivity contribution in [1.82, 2.24) is 0 Å². The molecule has 1 amide bonds. The van der Waals surface area contributed by atoms with E-state index in [-0.39, 0.29) is 17.4 Å². The molecule has 1 aliphatic carbocycles. The Kier molecular flexibility index (Phi) is 4.42. The Morgan fingerprint density at radius 1 is 1.20 bits per heavy atom. The number of benzene rings is 1. The van der Waals surface area contributed by atoms with Gasteiger partial charge in [-0.25, -0.2) is 4.79 Å². The molecule has 0 aliphatic heterocycles. The topological polar surface area (TPSA) is 66.4 Å². The Morgan fingerprint density at radius 2 is 1.85 bits per heavy atom. The van der Waals surface area contributed by atoms with Crippen LogP contribution in [0.4, 0.5) is 5.69 Å². The number of rotatable bonds is 3. The van der Waals surface area contributed by atoms with Crippen LogP contribution in [0.3, 0.4) is 0 Å². The largest absolute Gasteiger partial charge is 0.478 e. The number of anilines is 1. The summed E-state index contributed by atoms with van der Waals surface area (Å²) in [6.07, 6.45) is 4.02. The molecule has 0 unspecified atom stereocenters. The third kappa shape index (κ3) is 3.18. The van der Waals surface area contributed by atoms with Gasteiger partial charge in [-0.2, -0.15) is 0 Å². The molecule has 0 aromatic heterocycles. The number of carbonyl (C=O) groups is 2. The molecule has 108 valence electrons. The summed E-state index contributed by atoms with van der Waals surface area (Å²) in [6, 6.07) is 4.97. The molecule has 4 heteroatoms. The Bertz CT molecular complexity index is 516. The number of hydrogen-bond acceptors (Lipinski definition) is 2. The van der Waals surface area contributed by atoms with Gasteiger partial charge in [0.25, 0.3) is 0 Å². The van der Waals surface area contributed by atoms with Crippen molar-refractivity contribution >= 4 is 17.6 Å². The van der Waals surface area contributed by atoms with Crippen LogP contribution in [0, 0.1) is 18.8 Å². The number of nitrogens with one attached hydrogen (secondary N) is 1. The van der Waals surface area contributed by atoms with E-state index in [1.807, 2.05) is 0 Å². The summed E-state index contributed by atoms with van der Waals surface area (Å²) in [4.78, 5) is 23.3. The monoisotopic (exact) mass is 275 g/mol. The molecule has 20 heavy (non-hydrogen) atoms. The molecule has 1 aromatic rings. The fourth-order valence-electron chi connectivity index (χ4n) is 2.76. The number of hydrogen-bond donors (Lipinski definition) is 2. The molecule has 2 rings (SSSR count). The molecule has 4 nitrogen and oxygen atoms in total. The summed E-state index contributed by atoms with van der Waals surface area (Å²) in [5.41, 5.74) is 1.45. The maximum atomic E-state index is 12.2. The van der Waals surface area contributed by atoms with Crippen molar-refractivity contribution in [3.05, 3.63) is 29.3 Å². The van der Waals surface area contributed by atoms with Crippen LogP contribution in [0.5, 0.6) is 0 Å². The van der Waals surface area contributed by atoms with Gasteiger partial charge in [0.1, 0.15) is 0 Å². The predicted octanol–water partition coefficient (Wildman–Crippen LogP) is 3.46. The second kappa shape index (κ2) is 6.07. The van der Waals surface area contributed by atoms with Gasteiger partial charge in [-0.1, -0.05) is 13.0 Å². The highest BCUT2D eigenvalue weighted by Gasteiger charge is 2.24. The molecular weight excluding hydrogens is 254 g/mol. The predicted molar refractivity (Wildman–Crippen MR) is 77.9 cm³/mol. The summed E-state index contributed by atoms with van der Waals surface area (Å²) in [7, 11) is 0. The highest BCUT2D eigenvalue weighted by atomic mass is 16.4. The number of aromatic carboxylic acids is 1. The van der Waals surface area contributed by atoms with E-state index in [0.29, 0.717) is 17.2 Å². The Labute approximate surface area is 119 Å². The third-order valence-corrected chi connectivity index (χ3v) is 4.21. The zero-order valence-corrected chi connectivity index (χ0v) is 12.0. The molecule has 1 aliphatic rings. The van der Waals surface area contributed by atoms with Crippen molar-refractivity contribution in [2.24, 2.45) is 11.8 Å². The average Bonchev–Trinajstić information content (AvgIpc) is 2.41.